The zero-order valence-electron chi connectivity index (χ0n) is 10.3. The molecule has 0 aliphatic heterocycles. The third-order valence-electron chi connectivity index (χ3n) is 2.63. The average molecular weight is 263 g/mol. The third kappa shape index (κ3) is 2.76. The van der Waals surface area contributed by atoms with E-state index >= 15 is 0 Å². The van der Waals surface area contributed by atoms with Crippen LogP contribution in [0.5, 0.6) is 0 Å². The van der Waals surface area contributed by atoms with Gasteiger partial charge in [0.15, 0.2) is 0 Å². The number of anilines is 2. The topological polar surface area (TPSA) is 125 Å². The number of nitrogens with two attached hydrogens (primary N) is 1. The van der Waals surface area contributed by atoms with E-state index in [0.29, 0.717) is 13.0 Å². The van der Waals surface area contributed by atoms with Gasteiger partial charge in [-0.05, 0) is 6.07 Å². The molecule has 0 aliphatic rings. The number of aromatic nitrogens is 4. The second kappa shape index (κ2) is 5.29. The second-order valence-corrected chi connectivity index (χ2v) is 3.84. The summed E-state index contributed by atoms with van der Waals surface area (Å²) in [6.45, 7) is 0.483. The summed E-state index contributed by atoms with van der Waals surface area (Å²) in [7, 11) is 1.83. The molecule has 19 heavy (non-hydrogen) atoms. The van der Waals surface area contributed by atoms with Crippen LogP contribution < -0.4 is 11.1 Å². The third-order valence-corrected chi connectivity index (χ3v) is 2.63. The Kier molecular flexibility index (Phi) is 3.55. The standard InChI is InChI=1S/C10H13N7O2/c1-16-7(3-5-15-16)2-4-12-10-8(17(18)19)9(11)13-6-14-10/h3,5-6H,2,4H2,1H3,(H3,11,12,13,14). The van der Waals surface area contributed by atoms with E-state index in [4.69, 9.17) is 5.73 Å². The van der Waals surface area contributed by atoms with Gasteiger partial charge < -0.3 is 11.1 Å². The molecule has 100 valence electrons. The summed E-state index contributed by atoms with van der Waals surface area (Å²) in [5.74, 6) is -0.0253. The Labute approximate surface area is 108 Å². The average Bonchev–Trinajstić information content (AvgIpc) is 2.75. The van der Waals surface area contributed by atoms with E-state index in [0.717, 1.165) is 5.69 Å². The van der Waals surface area contributed by atoms with Crippen molar-refractivity contribution in [3.8, 4) is 0 Å². The lowest BCUT2D eigenvalue weighted by atomic mass is 10.3. The van der Waals surface area contributed by atoms with E-state index in [1.807, 2.05) is 13.1 Å². The van der Waals surface area contributed by atoms with E-state index < -0.39 is 4.92 Å². The van der Waals surface area contributed by atoms with Crippen LogP contribution in [0.15, 0.2) is 18.6 Å². The zero-order valence-corrected chi connectivity index (χ0v) is 10.3. The van der Waals surface area contributed by atoms with Crippen molar-refractivity contribution in [3.63, 3.8) is 0 Å². The highest BCUT2D eigenvalue weighted by Gasteiger charge is 2.20. The summed E-state index contributed by atoms with van der Waals surface area (Å²) < 4.78 is 1.74. The first-order valence-electron chi connectivity index (χ1n) is 5.55. The number of hydrogen-bond donors (Lipinski definition) is 2. The quantitative estimate of drug-likeness (QED) is 0.589. The Morgan fingerprint density at radius 3 is 2.95 bits per heavy atom. The van der Waals surface area contributed by atoms with Crippen molar-refractivity contribution in [3.05, 3.63) is 34.4 Å². The predicted octanol–water partition coefficient (Wildman–Crippen LogP) is 0.355. The van der Waals surface area contributed by atoms with E-state index in [9.17, 15) is 10.1 Å². The minimum Gasteiger partial charge on any atom is -0.378 e. The molecule has 0 amide bonds. The van der Waals surface area contributed by atoms with Crippen LogP contribution >= 0.6 is 0 Å². The molecule has 0 fully saturated rings. The highest BCUT2D eigenvalue weighted by Crippen LogP contribution is 2.25. The van der Waals surface area contributed by atoms with Crippen LogP contribution in [-0.2, 0) is 13.5 Å². The van der Waals surface area contributed by atoms with Crippen molar-refractivity contribution >= 4 is 17.3 Å². The van der Waals surface area contributed by atoms with Crippen LogP contribution in [0.3, 0.4) is 0 Å². The van der Waals surface area contributed by atoms with E-state index in [2.05, 4.69) is 20.4 Å². The molecule has 2 heterocycles. The maximum Gasteiger partial charge on any atom is 0.352 e. The minimum atomic E-state index is -0.595. The summed E-state index contributed by atoms with van der Waals surface area (Å²) in [4.78, 5) is 17.7. The molecule has 0 radical (unpaired) electrons. The molecule has 3 N–H and O–H groups in total. The van der Waals surface area contributed by atoms with Gasteiger partial charge in [0.2, 0.25) is 11.6 Å². The van der Waals surface area contributed by atoms with Crippen LogP contribution in [-0.4, -0.2) is 31.2 Å². The molecule has 2 aromatic heterocycles. The van der Waals surface area contributed by atoms with Crippen LogP contribution in [0.4, 0.5) is 17.3 Å². The Morgan fingerprint density at radius 2 is 2.32 bits per heavy atom. The molecule has 0 atom stereocenters. The number of nitrogens with zero attached hydrogens (tertiary/aromatic N) is 5. The largest absolute Gasteiger partial charge is 0.378 e. The van der Waals surface area contributed by atoms with Crippen LogP contribution in [0.1, 0.15) is 5.69 Å². The van der Waals surface area contributed by atoms with E-state index in [1.54, 1.807) is 10.9 Å². The minimum absolute atomic E-state index is 0.125. The van der Waals surface area contributed by atoms with Crippen molar-refractivity contribution in [2.24, 2.45) is 7.05 Å². The summed E-state index contributed by atoms with van der Waals surface area (Å²) in [5, 5.41) is 17.8. The number of nitrogen functional groups attached to an aromatic ring is 1. The first-order valence-corrected chi connectivity index (χ1v) is 5.55. The molecule has 0 bridgehead atoms. The van der Waals surface area contributed by atoms with Crippen molar-refractivity contribution in [2.75, 3.05) is 17.6 Å². The number of nitro groups is 1. The molecule has 0 aliphatic carbocycles. The second-order valence-electron chi connectivity index (χ2n) is 3.84. The lowest BCUT2D eigenvalue weighted by molar-refractivity contribution is -0.383. The number of aryl methyl sites for hydroxylation is 1. The normalized spacial score (nSPS) is 10.4. The number of hydrogen-bond acceptors (Lipinski definition) is 7. The molecule has 2 aromatic rings. The van der Waals surface area contributed by atoms with Gasteiger partial charge >= 0.3 is 5.69 Å². The van der Waals surface area contributed by atoms with Gasteiger partial charge in [-0.2, -0.15) is 5.10 Å². The fraction of sp³-hybridized carbons (Fsp3) is 0.300. The summed E-state index contributed by atoms with van der Waals surface area (Å²) in [6, 6.07) is 1.88. The Morgan fingerprint density at radius 1 is 1.53 bits per heavy atom. The highest BCUT2D eigenvalue weighted by molar-refractivity contribution is 5.67. The molecule has 0 spiro atoms. The zero-order chi connectivity index (χ0) is 13.8. The maximum absolute atomic E-state index is 10.9. The molecule has 0 saturated carbocycles. The van der Waals surface area contributed by atoms with Gasteiger partial charge in [-0.25, -0.2) is 9.97 Å². The van der Waals surface area contributed by atoms with Crippen molar-refractivity contribution < 1.29 is 4.92 Å². The summed E-state index contributed by atoms with van der Waals surface area (Å²) in [5.41, 5.74) is 6.18. The fourth-order valence-corrected chi connectivity index (χ4v) is 1.66. The first-order chi connectivity index (χ1) is 9.09. The highest BCUT2D eigenvalue weighted by atomic mass is 16.6. The smallest absolute Gasteiger partial charge is 0.352 e. The predicted molar refractivity (Wildman–Crippen MR) is 68.5 cm³/mol. The monoisotopic (exact) mass is 263 g/mol. The number of rotatable bonds is 5. The van der Waals surface area contributed by atoms with E-state index in [-0.39, 0.29) is 17.3 Å². The van der Waals surface area contributed by atoms with Gasteiger partial charge in [0.25, 0.3) is 0 Å². The lowest BCUT2D eigenvalue weighted by Gasteiger charge is -2.06. The molecule has 9 heteroatoms. The fourth-order valence-electron chi connectivity index (χ4n) is 1.66. The summed E-state index contributed by atoms with van der Waals surface area (Å²) >= 11 is 0. The van der Waals surface area contributed by atoms with Gasteiger partial charge in [0.05, 0.1) is 4.92 Å². The van der Waals surface area contributed by atoms with Crippen molar-refractivity contribution in [1.82, 2.24) is 19.7 Å². The molecule has 0 unspecified atom stereocenters. The number of nitrogens with one attached hydrogen (secondary N) is 1. The molecule has 0 saturated heterocycles. The SMILES string of the molecule is Cn1nccc1CCNc1ncnc(N)c1[N+](=O)[O-]. The van der Waals surface area contributed by atoms with E-state index in [1.165, 1.54) is 6.33 Å². The Bertz CT molecular complexity index is 595. The molecular weight excluding hydrogens is 250 g/mol. The van der Waals surface area contributed by atoms with Gasteiger partial charge in [-0.15, -0.1) is 0 Å². The summed E-state index contributed by atoms with van der Waals surface area (Å²) in [6.07, 6.45) is 3.55. The van der Waals surface area contributed by atoms with Crippen molar-refractivity contribution in [1.29, 1.82) is 0 Å². The van der Waals surface area contributed by atoms with Crippen LogP contribution in [0.25, 0.3) is 0 Å². The van der Waals surface area contributed by atoms with Crippen molar-refractivity contribution in [2.45, 2.75) is 6.42 Å². The molecular formula is C10H13N7O2. The van der Waals surface area contributed by atoms with Gasteiger partial charge in [-0.3, -0.25) is 14.8 Å². The molecule has 0 aromatic carbocycles. The molecule has 2 rings (SSSR count). The maximum atomic E-state index is 10.9. The van der Waals surface area contributed by atoms with Gasteiger partial charge in [-0.1, -0.05) is 0 Å². The molecule has 9 nitrogen and oxygen atoms in total. The van der Waals surface area contributed by atoms with Gasteiger partial charge in [0, 0.05) is 31.9 Å². The van der Waals surface area contributed by atoms with Crippen LogP contribution in [0, 0.1) is 10.1 Å². The Balaban J connectivity index is 2.06. The lowest BCUT2D eigenvalue weighted by Crippen LogP contribution is -2.12. The van der Waals surface area contributed by atoms with Crippen LogP contribution in [0.2, 0.25) is 0 Å². The van der Waals surface area contributed by atoms with Gasteiger partial charge in [0.1, 0.15) is 6.33 Å². The first kappa shape index (κ1) is 12.7. The Hall–Kier alpha value is -2.71.